The van der Waals surface area contributed by atoms with Gasteiger partial charge in [-0.2, -0.15) is 0 Å². The highest BCUT2D eigenvalue weighted by Crippen LogP contribution is 2.30. The zero-order valence-electron chi connectivity index (χ0n) is 21.2. The number of nitrogen functional groups attached to an aromatic ring is 1. The number of ether oxygens (including phenoxy) is 1. The fourth-order valence-corrected chi connectivity index (χ4v) is 5.22. The van der Waals surface area contributed by atoms with E-state index in [1.807, 2.05) is 15.8 Å². The minimum Gasteiger partial charge on any atom is -0.397 e. The maximum atomic E-state index is 14.9. The quantitative estimate of drug-likeness (QED) is 0.236. The summed E-state index contributed by atoms with van der Waals surface area (Å²) in [6, 6.07) is 12.1. The number of thiazole rings is 1. The van der Waals surface area contributed by atoms with Crippen molar-refractivity contribution in [3.63, 3.8) is 0 Å². The number of nitrogens with zero attached hydrogens (tertiary/aromatic N) is 4. The molecule has 4 N–H and O–H groups in total. The molecule has 0 atom stereocenters. The number of anilines is 4. The van der Waals surface area contributed by atoms with Gasteiger partial charge in [0, 0.05) is 36.8 Å². The second-order valence-corrected chi connectivity index (χ2v) is 10.2. The molecule has 0 radical (unpaired) electrons. The highest BCUT2D eigenvalue weighted by molar-refractivity contribution is 7.14. The number of carbonyl (C=O) groups excluding carboxylic acids is 1. The first kappa shape index (κ1) is 25.9. The molecule has 3 aromatic heterocycles. The molecule has 0 aliphatic carbocycles. The van der Waals surface area contributed by atoms with E-state index < -0.39 is 17.5 Å². The smallest absolute Gasteiger partial charge is 0.255 e. The number of aromatic nitrogens is 3. The Balaban J connectivity index is 1.17. The van der Waals surface area contributed by atoms with Crippen LogP contribution >= 0.6 is 11.3 Å². The van der Waals surface area contributed by atoms with Crippen LogP contribution in [0.1, 0.15) is 15.9 Å². The molecule has 1 saturated heterocycles. The Morgan fingerprint density at radius 1 is 1.10 bits per heavy atom. The number of nitrogens with one attached hydrogen (secondary N) is 2. The zero-order valence-corrected chi connectivity index (χ0v) is 22.0. The van der Waals surface area contributed by atoms with E-state index in [1.54, 1.807) is 6.20 Å². The SMILES string of the molecule is Nc1cccc(F)c1NC(=O)c1ccc(Nc2nc(-c3cnc4ccc(CN5CCOCC5)cn34)cs2)c(F)c1. The minimum absolute atomic E-state index is 0.0177. The Bertz CT molecular complexity index is 1680. The Kier molecular flexibility index (Phi) is 7.11. The van der Waals surface area contributed by atoms with Gasteiger partial charge in [0.1, 0.15) is 28.7 Å². The maximum Gasteiger partial charge on any atom is 0.255 e. The van der Waals surface area contributed by atoms with Crippen LogP contribution in [0.3, 0.4) is 0 Å². The Morgan fingerprint density at radius 3 is 2.75 bits per heavy atom. The predicted octanol–water partition coefficient (Wildman–Crippen LogP) is 5.15. The van der Waals surface area contributed by atoms with Crippen LogP contribution in [-0.4, -0.2) is 51.5 Å². The third-order valence-electron chi connectivity index (χ3n) is 6.60. The lowest BCUT2D eigenvalue weighted by atomic mass is 10.1. The second-order valence-electron chi connectivity index (χ2n) is 9.31. The highest BCUT2D eigenvalue weighted by Gasteiger charge is 2.17. The number of hydrogen-bond acceptors (Lipinski definition) is 8. The summed E-state index contributed by atoms with van der Waals surface area (Å²) >= 11 is 1.32. The summed E-state index contributed by atoms with van der Waals surface area (Å²) in [5, 5.41) is 7.72. The van der Waals surface area contributed by atoms with E-state index in [9.17, 15) is 13.6 Å². The largest absolute Gasteiger partial charge is 0.397 e. The Morgan fingerprint density at radius 2 is 1.95 bits per heavy atom. The minimum atomic E-state index is -0.681. The number of halogens is 2. The van der Waals surface area contributed by atoms with Crippen molar-refractivity contribution in [1.29, 1.82) is 0 Å². The average Bonchev–Trinajstić information content (AvgIpc) is 3.59. The molecule has 12 heteroatoms. The van der Waals surface area contributed by atoms with Gasteiger partial charge in [-0.15, -0.1) is 11.3 Å². The molecular weight excluding hydrogens is 536 g/mol. The Labute approximate surface area is 232 Å². The van der Waals surface area contributed by atoms with Crippen LogP contribution < -0.4 is 16.4 Å². The van der Waals surface area contributed by atoms with Crippen LogP contribution in [0.15, 0.2) is 66.3 Å². The van der Waals surface area contributed by atoms with Gasteiger partial charge >= 0.3 is 0 Å². The van der Waals surface area contributed by atoms with Crippen molar-refractivity contribution in [2.24, 2.45) is 0 Å². The molecule has 0 saturated carbocycles. The summed E-state index contributed by atoms with van der Waals surface area (Å²) in [5.74, 6) is -2.01. The highest BCUT2D eigenvalue weighted by atomic mass is 32.1. The fourth-order valence-electron chi connectivity index (χ4n) is 4.51. The molecule has 204 valence electrons. The van der Waals surface area contributed by atoms with Gasteiger partial charge in [-0.1, -0.05) is 12.1 Å². The predicted molar refractivity (Wildman–Crippen MR) is 151 cm³/mol. The van der Waals surface area contributed by atoms with Crippen LogP contribution in [0.5, 0.6) is 0 Å². The van der Waals surface area contributed by atoms with Crippen LogP contribution in [0.2, 0.25) is 0 Å². The lowest BCUT2D eigenvalue weighted by Crippen LogP contribution is -2.35. The molecule has 0 bridgehead atoms. The molecule has 0 spiro atoms. The second kappa shape index (κ2) is 11.0. The lowest BCUT2D eigenvalue weighted by molar-refractivity contribution is 0.0341. The van der Waals surface area contributed by atoms with E-state index >= 15 is 0 Å². The zero-order chi connectivity index (χ0) is 27.6. The number of hydrogen-bond donors (Lipinski definition) is 3. The number of morpholine rings is 1. The van der Waals surface area contributed by atoms with Gasteiger partial charge in [0.25, 0.3) is 5.91 Å². The lowest BCUT2D eigenvalue weighted by Gasteiger charge is -2.26. The third-order valence-corrected chi connectivity index (χ3v) is 7.36. The van der Waals surface area contributed by atoms with Gasteiger partial charge in [0.2, 0.25) is 0 Å². The summed E-state index contributed by atoms with van der Waals surface area (Å²) in [7, 11) is 0. The molecule has 5 aromatic rings. The summed E-state index contributed by atoms with van der Waals surface area (Å²) in [5.41, 5.74) is 9.32. The van der Waals surface area contributed by atoms with E-state index in [0.29, 0.717) is 10.8 Å². The molecule has 40 heavy (non-hydrogen) atoms. The summed E-state index contributed by atoms with van der Waals surface area (Å²) < 4.78 is 36.4. The monoisotopic (exact) mass is 561 g/mol. The van der Waals surface area contributed by atoms with Crippen molar-refractivity contribution in [1.82, 2.24) is 19.3 Å². The number of imidazole rings is 1. The fraction of sp³-hybridized carbons (Fsp3) is 0.179. The molecule has 6 rings (SSSR count). The molecule has 1 fully saturated rings. The van der Waals surface area contributed by atoms with Crippen LogP contribution in [0, 0.1) is 11.6 Å². The van der Waals surface area contributed by atoms with E-state index in [2.05, 4.69) is 37.8 Å². The first-order valence-corrected chi connectivity index (χ1v) is 13.5. The number of pyridine rings is 1. The number of carbonyl (C=O) groups is 1. The molecule has 0 unspecified atom stereocenters. The number of nitrogens with two attached hydrogens (primary N) is 1. The van der Waals surface area contributed by atoms with Crippen LogP contribution in [-0.2, 0) is 11.3 Å². The number of fused-ring (bicyclic) bond motifs is 1. The molecule has 2 aromatic carbocycles. The molecule has 9 nitrogen and oxygen atoms in total. The molecule has 4 heterocycles. The maximum absolute atomic E-state index is 14.9. The van der Waals surface area contributed by atoms with Crippen molar-refractivity contribution in [3.05, 3.63) is 89.1 Å². The van der Waals surface area contributed by atoms with Crippen molar-refractivity contribution >= 4 is 45.1 Å². The summed E-state index contributed by atoms with van der Waals surface area (Å²) in [6.07, 6.45) is 3.83. The molecule has 1 amide bonds. The summed E-state index contributed by atoms with van der Waals surface area (Å²) in [4.78, 5) is 24.1. The van der Waals surface area contributed by atoms with Crippen molar-refractivity contribution < 1.29 is 18.3 Å². The van der Waals surface area contributed by atoms with Gasteiger partial charge in [-0.25, -0.2) is 18.7 Å². The third kappa shape index (κ3) is 5.37. The molecule has 1 aliphatic heterocycles. The van der Waals surface area contributed by atoms with Crippen molar-refractivity contribution in [3.8, 4) is 11.4 Å². The number of amides is 1. The first-order valence-electron chi connectivity index (χ1n) is 12.6. The van der Waals surface area contributed by atoms with E-state index in [1.165, 1.54) is 41.7 Å². The van der Waals surface area contributed by atoms with Crippen molar-refractivity contribution in [2.75, 3.05) is 42.7 Å². The first-order chi connectivity index (χ1) is 19.4. The topological polar surface area (TPSA) is 110 Å². The number of rotatable bonds is 7. The standard InChI is InChI=1S/C28H25F2N7O2S/c29-19-2-1-3-21(31)26(19)35-27(38)18-5-6-22(20(30)12-18)33-28-34-23(16-40-28)24-13-32-25-7-4-17(15-37(24)25)14-36-8-10-39-11-9-36/h1-7,12-13,15-16H,8-11,14,31H2,(H,33,34)(H,35,38). The summed E-state index contributed by atoms with van der Waals surface area (Å²) in [6.45, 7) is 4.11. The van der Waals surface area contributed by atoms with Gasteiger partial charge in [0.05, 0.1) is 36.5 Å². The van der Waals surface area contributed by atoms with E-state index in [4.69, 9.17) is 10.5 Å². The van der Waals surface area contributed by atoms with E-state index in [0.717, 1.165) is 55.8 Å². The number of para-hydroxylation sites is 1. The van der Waals surface area contributed by atoms with E-state index in [-0.39, 0.29) is 22.6 Å². The van der Waals surface area contributed by atoms with Gasteiger partial charge in [0.15, 0.2) is 5.13 Å². The van der Waals surface area contributed by atoms with Crippen molar-refractivity contribution in [2.45, 2.75) is 6.54 Å². The van der Waals surface area contributed by atoms with Crippen LogP contribution in [0.25, 0.3) is 17.0 Å². The van der Waals surface area contributed by atoms with Gasteiger partial charge < -0.3 is 21.1 Å². The van der Waals surface area contributed by atoms with Gasteiger partial charge in [-0.05, 0) is 42.0 Å². The molecular formula is C28H25F2N7O2S. The average molecular weight is 562 g/mol. The normalized spacial score (nSPS) is 13.9. The van der Waals surface area contributed by atoms with Gasteiger partial charge in [-0.3, -0.25) is 14.1 Å². The number of benzene rings is 2. The molecule has 1 aliphatic rings. The van der Waals surface area contributed by atoms with Crippen LogP contribution in [0.4, 0.5) is 31.0 Å². The Hall–Kier alpha value is -4.39.